The second kappa shape index (κ2) is 10.1. The van der Waals surface area contributed by atoms with Crippen molar-refractivity contribution in [3.63, 3.8) is 0 Å². The highest BCUT2D eigenvalue weighted by Crippen LogP contribution is 2.36. The van der Waals surface area contributed by atoms with Gasteiger partial charge in [0.25, 0.3) is 5.91 Å². The van der Waals surface area contributed by atoms with Gasteiger partial charge in [-0.3, -0.25) is 4.79 Å². The van der Waals surface area contributed by atoms with Gasteiger partial charge in [0.1, 0.15) is 21.9 Å². The van der Waals surface area contributed by atoms with E-state index in [9.17, 15) is 14.4 Å². The zero-order valence-corrected chi connectivity index (χ0v) is 19.9. The molecule has 34 heavy (non-hydrogen) atoms. The lowest BCUT2D eigenvalue weighted by atomic mass is 10.0. The highest BCUT2D eigenvalue weighted by atomic mass is 35.5. The Hall–Kier alpha value is -3.62. The van der Waals surface area contributed by atoms with E-state index in [1.807, 2.05) is 6.92 Å². The predicted octanol–water partition coefficient (Wildman–Crippen LogP) is 5.68. The molecule has 1 N–H and O–H groups in total. The Balaban J connectivity index is 1.52. The van der Waals surface area contributed by atoms with Crippen LogP contribution in [-0.4, -0.2) is 25.1 Å². The number of carbonyl (C=O) groups is 2. The molecule has 0 aliphatic rings. The number of fused-ring (bicyclic) bond motifs is 1. The third kappa shape index (κ3) is 5.13. The summed E-state index contributed by atoms with van der Waals surface area (Å²) in [5.74, 6) is -0.624. The number of anilines is 1. The van der Waals surface area contributed by atoms with E-state index in [0.717, 1.165) is 16.5 Å². The quantitative estimate of drug-likeness (QED) is 0.261. The number of carbonyl (C=O) groups excluding carboxylic acids is 2. The Labute approximate surface area is 203 Å². The number of nitrogens with one attached hydrogen (secondary N) is 1. The first-order chi connectivity index (χ1) is 16.4. The predicted molar refractivity (Wildman–Crippen MR) is 132 cm³/mol. The number of hydrogen-bond acceptors (Lipinski definition) is 7. The minimum Gasteiger partial charge on any atom is -0.484 e. The van der Waals surface area contributed by atoms with Crippen LogP contribution >= 0.6 is 22.9 Å². The van der Waals surface area contributed by atoms with Crippen LogP contribution in [0.25, 0.3) is 22.1 Å². The van der Waals surface area contributed by atoms with Crippen molar-refractivity contribution in [2.75, 3.05) is 18.5 Å². The number of ether oxygens (including phenoxy) is 2. The molecule has 4 rings (SSSR count). The van der Waals surface area contributed by atoms with Gasteiger partial charge in [0.15, 0.2) is 6.61 Å². The monoisotopic (exact) mass is 497 g/mol. The van der Waals surface area contributed by atoms with Crippen LogP contribution in [0.2, 0.25) is 5.02 Å². The first kappa shape index (κ1) is 23.5. The van der Waals surface area contributed by atoms with Crippen LogP contribution in [0.1, 0.15) is 22.8 Å². The molecule has 2 aromatic heterocycles. The van der Waals surface area contributed by atoms with Crippen molar-refractivity contribution in [2.45, 2.75) is 13.8 Å². The summed E-state index contributed by atoms with van der Waals surface area (Å²) in [5, 5.41) is 6.22. The maximum absolute atomic E-state index is 12.7. The van der Waals surface area contributed by atoms with E-state index < -0.39 is 17.5 Å². The van der Waals surface area contributed by atoms with E-state index >= 15 is 0 Å². The van der Waals surface area contributed by atoms with Crippen LogP contribution in [0.5, 0.6) is 5.75 Å². The molecule has 9 heteroatoms. The van der Waals surface area contributed by atoms with Crippen molar-refractivity contribution in [3.05, 3.63) is 80.5 Å². The summed E-state index contributed by atoms with van der Waals surface area (Å²) in [5.41, 5.74) is 2.38. The Morgan fingerprint density at radius 3 is 2.62 bits per heavy atom. The van der Waals surface area contributed by atoms with Gasteiger partial charge in [0, 0.05) is 33.5 Å². The second-order valence-electron chi connectivity index (χ2n) is 7.32. The van der Waals surface area contributed by atoms with E-state index in [4.69, 9.17) is 25.5 Å². The number of benzene rings is 2. The molecule has 0 bridgehead atoms. The molecule has 0 saturated heterocycles. The number of rotatable bonds is 7. The second-order valence-corrected chi connectivity index (χ2v) is 8.64. The smallest absolute Gasteiger partial charge is 0.341 e. The van der Waals surface area contributed by atoms with Crippen LogP contribution in [-0.2, 0) is 9.53 Å². The van der Waals surface area contributed by atoms with Crippen molar-refractivity contribution >= 4 is 50.8 Å². The summed E-state index contributed by atoms with van der Waals surface area (Å²) in [4.78, 5) is 36.9. The van der Waals surface area contributed by atoms with Gasteiger partial charge in [0.2, 0.25) is 0 Å². The number of amides is 1. The lowest BCUT2D eigenvalue weighted by Gasteiger charge is -2.10. The SMILES string of the molecule is CCOC(=O)c1c(-c2ccc(Cl)cc2)csc1NC(=O)COc1ccc2c(C)cc(=O)oc2c1. The van der Waals surface area contributed by atoms with Gasteiger partial charge in [-0.05, 0) is 49.2 Å². The lowest BCUT2D eigenvalue weighted by molar-refractivity contribution is -0.118. The molecule has 4 aromatic rings. The molecule has 0 unspecified atom stereocenters. The number of aryl methyl sites for hydroxylation is 1. The molecule has 0 fully saturated rings. The molecule has 0 spiro atoms. The highest BCUT2D eigenvalue weighted by Gasteiger charge is 2.23. The van der Waals surface area contributed by atoms with Gasteiger partial charge in [-0.2, -0.15) is 0 Å². The van der Waals surface area contributed by atoms with Crippen molar-refractivity contribution in [3.8, 4) is 16.9 Å². The third-order valence-corrected chi connectivity index (χ3v) is 6.12. The van der Waals surface area contributed by atoms with Crippen LogP contribution < -0.4 is 15.7 Å². The van der Waals surface area contributed by atoms with E-state index in [1.54, 1.807) is 54.8 Å². The summed E-state index contributed by atoms with van der Waals surface area (Å²) >= 11 is 7.19. The van der Waals surface area contributed by atoms with E-state index in [-0.39, 0.29) is 18.8 Å². The summed E-state index contributed by atoms with van der Waals surface area (Å²) in [6.45, 7) is 3.42. The van der Waals surface area contributed by atoms with Crippen molar-refractivity contribution in [1.29, 1.82) is 0 Å². The normalized spacial score (nSPS) is 10.8. The number of halogens is 1. The maximum atomic E-state index is 12.7. The van der Waals surface area contributed by atoms with Gasteiger partial charge >= 0.3 is 11.6 Å². The molecule has 2 heterocycles. The molecule has 0 radical (unpaired) electrons. The van der Waals surface area contributed by atoms with Gasteiger partial charge < -0.3 is 19.2 Å². The fraction of sp³-hybridized carbons (Fsp3) is 0.160. The van der Waals surface area contributed by atoms with E-state index in [1.165, 1.54) is 17.4 Å². The Morgan fingerprint density at radius 1 is 1.12 bits per heavy atom. The Kier molecular flexibility index (Phi) is 7.00. The van der Waals surface area contributed by atoms with Crippen LogP contribution in [0.4, 0.5) is 5.00 Å². The maximum Gasteiger partial charge on any atom is 0.341 e. The molecule has 174 valence electrons. The fourth-order valence-corrected chi connectivity index (χ4v) is 4.50. The first-order valence-electron chi connectivity index (χ1n) is 10.4. The third-order valence-electron chi connectivity index (χ3n) is 4.97. The van der Waals surface area contributed by atoms with E-state index in [2.05, 4.69) is 5.32 Å². The fourth-order valence-electron chi connectivity index (χ4n) is 3.40. The Bertz CT molecular complexity index is 1420. The van der Waals surface area contributed by atoms with Gasteiger partial charge in [-0.25, -0.2) is 9.59 Å². The molecular formula is C25H20ClNO6S. The number of hydrogen-bond donors (Lipinski definition) is 1. The Morgan fingerprint density at radius 2 is 1.88 bits per heavy atom. The first-order valence-corrected chi connectivity index (χ1v) is 11.6. The minimum atomic E-state index is -0.537. The summed E-state index contributed by atoms with van der Waals surface area (Å²) in [6.07, 6.45) is 0. The summed E-state index contributed by atoms with van der Waals surface area (Å²) in [7, 11) is 0. The number of thiophene rings is 1. The summed E-state index contributed by atoms with van der Waals surface area (Å²) in [6, 6.07) is 13.5. The zero-order chi connectivity index (χ0) is 24.2. The molecule has 2 aromatic carbocycles. The molecule has 7 nitrogen and oxygen atoms in total. The highest BCUT2D eigenvalue weighted by molar-refractivity contribution is 7.15. The zero-order valence-electron chi connectivity index (χ0n) is 18.3. The minimum absolute atomic E-state index is 0.197. The molecule has 0 saturated carbocycles. The number of esters is 1. The van der Waals surface area contributed by atoms with Crippen LogP contribution in [0.15, 0.2) is 63.1 Å². The molecule has 1 amide bonds. The average molecular weight is 498 g/mol. The van der Waals surface area contributed by atoms with Crippen molar-refractivity contribution in [1.82, 2.24) is 0 Å². The summed E-state index contributed by atoms with van der Waals surface area (Å²) < 4.78 is 16.0. The van der Waals surface area contributed by atoms with Gasteiger partial charge in [-0.1, -0.05) is 23.7 Å². The van der Waals surface area contributed by atoms with E-state index in [0.29, 0.717) is 26.9 Å². The topological polar surface area (TPSA) is 94.8 Å². The van der Waals surface area contributed by atoms with Crippen LogP contribution in [0, 0.1) is 6.92 Å². The van der Waals surface area contributed by atoms with Crippen LogP contribution in [0.3, 0.4) is 0 Å². The lowest BCUT2D eigenvalue weighted by Crippen LogP contribution is -2.21. The molecule has 0 aliphatic heterocycles. The van der Waals surface area contributed by atoms with Gasteiger partial charge in [0.05, 0.1) is 6.61 Å². The largest absolute Gasteiger partial charge is 0.484 e. The molecular weight excluding hydrogens is 478 g/mol. The van der Waals surface area contributed by atoms with Crippen molar-refractivity contribution < 1.29 is 23.5 Å². The molecule has 0 atom stereocenters. The van der Waals surface area contributed by atoms with Gasteiger partial charge in [-0.15, -0.1) is 11.3 Å². The van der Waals surface area contributed by atoms with Crippen molar-refractivity contribution in [2.24, 2.45) is 0 Å². The standard InChI is InChI=1S/C25H20ClNO6S/c1-3-31-25(30)23-19(15-4-6-16(26)7-5-15)13-34-24(23)27-21(28)12-32-17-8-9-18-14(2)10-22(29)33-20(18)11-17/h4-11,13H,3,12H2,1-2H3,(H,27,28). The average Bonchev–Trinajstić information content (AvgIpc) is 3.21. The molecule has 0 aliphatic carbocycles.